The Morgan fingerprint density at radius 1 is 1.03 bits per heavy atom. The molecule has 8 heteroatoms. The third-order valence-corrected chi connectivity index (χ3v) is 6.31. The van der Waals surface area contributed by atoms with Gasteiger partial charge in [-0.25, -0.2) is 0 Å². The fourth-order valence-electron chi connectivity index (χ4n) is 4.62. The van der Waals surface area contributed by atoms with E-state index in [1.54, 1.807) is 15.9 Å². The summed E-state index contributed by atoms with van der Waals surface area (Å²) in [5.41, 5.74) is 2.81. The summed E-state index contributed by atoms with van der Waals surface area (Å²) in [6.45, 7) is 3.76. The van der Waals surface area contributed by atoms with E-state index in [0.717, 1.165) is 24.1 Å². The second-order valence-corrected chi connectivity index (χ2v) is 8.24. The molecule has 0 saturated carbocycles. The molecule has 2 aliphatic heterocycles. The third-order valence-electron chi connectivity index (χ3n) is 6.31. The van der Waals surface area contributed by atoms with E-state index in [9.17, 15) is 14.4 Å². The van der Waals surface area contributed by atoms with Crippen LogP contribution in [0.4, 0.5) is 0 Å². The molecule has 1 saturated heterocycles. The number of hydrogen-bond acceptors (Lipinski definition) is 5. The van der Waals surface area contributed by atoms with Gasteiger partial charge in [-0.2, -0.15) is 0 Å². The van der Waals surface area contributed by atoms with E-state index >= 15 is 0 Å². The van der Waals surface area contributed by atoms with Crippen LogP contribution in [-0.4, -0.2) is 71.3 Å². The van der Waals surface area contributed by atoms with Gasteiger partial charge >= 0.3 is 0 Å². The Morgan fingerprint density at radius 2 is 1.74 bits per heavy atom. The summed E-state index contributed by atoms with van der Waals surface area (Å²) in [4.78, 5) is 44.9. The molecule has 3 heterocycles. The van der Waals surface area contributed by atoms with Crippen LogP contribution in [0, 0.1) is 6.92 Å². The molecule has 3 aliphatic rings. The van der Waals surface area contributed by atoms with E-state index < -0.39 is 6.10 Å². The van der Waals surface area contributed by atoms with Crippen molar-refractivity contribution in [1.29, 1.82) is 0 Å². The maximum absolute atomic E-state index is 13.1. The number of piperazine rings is 1. The Kier molecular flexibility index (Phi) is 4.92. The first-order chi connectivity index (χ1) is 15.0. The number of aromatic amines is 1. The molecular weight excluding hydrogens is 398 g/mol. The molecule has 1 unspecified atom stereocenters. The number of carbonyl (C=O) groups is 3. The van der Waals surface area contributed by atoms with Gasteiger partial charge in [0.1, 0.15) is 12.3 Å². The number of aryl methyl sites for hydroxylation is 1. The number of nitrogens with zero attached hydrogens (tertiary/aromatic N) is 2. The second-order valence-electron chi connectivity index (χ2n) is 8.24. The average molecular weight is 423 g/mol. The van der Waals surface area contributed by atoms with E-state index in [2.05, 4.69) is 4.98 Å². The summed E-state index contributed by atoms with van der Waals surface area (Å²) in [7, 11) is 0. The minimum absolute atomic E-state index is 0.112. The molecule has 8 nitrogen and oxygen atoms in total. The van der Waals surface area contributed by atoms with Gasteiger partial charge in [0.25, 0.3) is 11.8 Å². The largest absolute Gasteiger partial charge is 0.485 e. The van der Waals surface area contributed by atoms with Crippen molar-refractivity contribution in [3.05, 3.63) is 46.8 Å². The number of ether oxygens (including phenoxy) is 2. The second kappa shape index (κ2) is 7.76. The Hall–Kier alpha value is -3.29. The lowest BCUT2D eigenvalue weighted by molar-refractivity contribution is -0.142. The molecule has 2 aromatic rings. The first-order valence-corrected chi connectivity index (χ1v) is 10.7. The van der Waals surface area contributed by atoms with E-state index in [0.29, 0.717) is 55.4 Å². The zero-order chi connectivity index (χ0) is 21.5. The van der Waals surface area contributed by atoms with Crippen LogP contribution >= 0.6 is 0 Å². The zero-order valence-electron chi connectivity index (χ0n) is 17.5. The number of fused-ring (bicyclic) bond motifs is 2. The van der Waals surface area contributed by atoms with Gasteiger partial charge in [0.15, 0.2) is 17.3 Å². The monoisotopic (exact) mass is 423 g/mol. The highest BCUT2D eigenvalue weighted by atomic mass is 16.6. The van der Waals surface area contributed by atoms with Gasteiger partial charge in [-0.1, -0.05) is 12.1 Å². The minimum atomic E-state index is -0.680. The maximum Gasteiger partial charge on any atom is 0.270 e. The Balaban J connectivity index is 1.22. The summed E-state index contributed by atoms with van der Waals surface area (Å²) in [5.74, 6) is 1.09. The topological polar surface area (TPSA) is 91.9 Å². The number of amides is 2. The smallest absolute Gasteiger partial charge is 0.270 e. The molecule has 1 aromatic carbocycles. The highest BCUT2D eigenvalue weighted by molar-refractivity contribution is 6.04. The molecule has 1 aliphatic carbocycles. The number of H-pyrrole nitrogens is 1. The first kappa shape index (κ1) is 19.7. The van der Waals surface area contributed by atoms with Gasteiger partial charge in [0.05, 0.1) is 0 Å². The Bertz CT molecular complexity index is 1050. The van der Waals surface area contributed by atoms with Gasteiger partial charge in [0, 0.05) is 43.9 Å². The van der Waals surface area contributed by atoms with Crippen molar-refractivity contribution < 1.29 is 23.9 Å². The quantitative estimate of drug-likeness (QED) is 0.797. The predicted octanol–water partition coefficient (Wildman–Crippen LogP) is 1.97. The molecule has 1 atom stereocenters. The lowest BCUT2D eigenvalue weighted by atomic mass is 9.93. The number of hydrogen-bond donors (Lipinski definition) is 1. The van der Waals surface area contributed by atoms with Gasteiger partial charge in [0.2, 0.25) is 6.10 Å². The van der Waals surface area contributed by atoms with Crippen LogP contribution in [0.1, 0.15) is 44.9 Å². The van der Waals surface area contributed by atoms with Crippen LogP contribution in [0.25, 0.3) is 0 Å². The van der Waals surface area contributed by atoms with Crippen molar-refractivity contribution in [2.45, 2.75) is 32.3 Å². The summed E-state index contributed by atoms with van der Waals surface area (Å²) < 4.78 is 11.5. The van der Waals surface area contributed by atoms with Gasteiger partial charge in [-0.05, 0) is 37.5 Å². The average Bonchev–Trinajstić information content (AvgIpc) is 3.15. The summed E-state index contributed by atoms with van der Waals surface area (Å²) in [6, 6.07) is 7.30. The van der Waals surface area contributed by atoms with Crippen molar-refractivity contribution >= 4 is 17.6 Å². The van der Waals surface area contributed by atoms with Crippen LogP contribution in [-0.2, 0) is 11.2 Å². The highest BCUT2D eigenvalue weighted by Gasteiger charge is 2.35. The number of ketones is 1. The normalized spacial score (nSPS) is 20.4. The molecule has 31 heavy (non-hydrogen) atoms. The molecule has 0 radical (unpaired) electrons. The third kappa shape index (κ3) is 3.45. The van der Waals surface area contributed by atoms with Crippen molar-refractivity contribution in [3.8, 4) is 11.5 Å². The fraction of sp³-hybridized carbons (Fsp3) is 0.435. The molecule has 1 N–H and O–H groups in total. The molecule has 162 valence electrons. The van der Waals surface area contributed by atoms with E-state index in [1.165, 1.54) is 0 Å². The summed E-state index contributed by atoms with van der Waals surface area (Å²) in [5, 5.41) is 0. The first-order valence-electron chi connectivity index (χ1n) is 10.7. The fourth-order valence-corrected chi connectivity index (χ4v) is 4.62. The van der Waals surface area contributed by atoms with Crippen molar-refractivity contribution in [2.75, 3.05) is 32.8 Å². The number of benzene rings is 1. The summed E-state index contributed by atoms with van der Waals surface area (Å²) in [6.07, 6.45) is 1.47. The van der Waals surface area contributed by atoms with Crippen LogP contribution in [0.5, 0.6) is 11.5 Å². The SMILES string of the molecule is Cc1c(C(=O)N2CCN(C(=O)C3COc4ccccc4O3)CC2)[nH]c2c1C(=O)CCC2. The molecule has 1 fully saturated rings. The number of Topliss-reactive ketones (excluding diaryl/α,β-unsaturated/α-hetero) is 1. The highest BCUT2D eigenvalue weighted by Crippen LogP contribution is 2.31. The van der Waals surface area contributed by atoms with Crippen LogP contribution in [0.3, 0.4) is 0 Å². The Morgan fingerprint density at radius 3 is 2.48 bits per heavy atom. The van der Waals surface area contributed by atoms with E-state index in [4.69, 9.17) is 9.47 Å². The number of rotatable bonds is 2. The van der Waals surface area contributed by atoms with Gasteiger partial charge < -0.3 is 24.3 Å². The molecular formula is C23H25N3O5. The standard InChI is InChI=1S/C23H25N3O5/c1-14-20-15(5-4-6-16(20)27)24-21(14)23(29)26-11-9-25(10-12-26)22(28)19-13-30-17-7-2-3-8-18(17)31-19/h2-3,7-8,19,24H,4-6,9-13H2,1H3. The molecule has 0 bridgehead atoms. The van der Waals surface area contributed by atoms with E-state index in [-0.39, 0.29) is 24.2 Å². The van der Waals surface area contributed by atoms with Crippen LogP contribution < -0.4 is 9.47 Å². The molecule has 1 aromatic heterocycles. The lowest BCUT2D eigenvalue weighted by Gasteiger charge is -2.37. The summed E-state index contributed by atoms with van der Waals surface area (Å²) >= 11 is 0. The van der Waals surface area contributed by atoms with Gasteiger partial charge in [-0.3, -0.25) is 14.4 Å². The Labute approximate surface area is 180 Å². The van der Waals surface area contributed by atoms with Crippen LogP contribution in [0.2, 0.25) is 0 Å². The zero-order valence-corrected chi connectivity index (χ0v) is 17.5. The van der Waals surface area contributed by atoms with Crippen molar-refractivity contribution in [2.24, 2.45) is 0 Å². The van der Waals surface area contributed by atoms with Crippen LogP contribution in [0.15, 0.2) is 24.3 Å². The van der Waals surface area contributed by atoms with Crippen molar-refractivity contribution in [1.82, 2.24) is 14.8 Å². The number of aromatic nitrogens is 1. The van der Waals surface area contributed by atoms with E-state index in [1.807, 2.05) is 25.1 Å². The molecule has 5 rings (SSSR count). The lowest BCUT2D eigenvalue weighted by Crippen LogP contribution is -2.55. The predicted molar refractivity (Wildman–Crippen MR) is 112 cm³/mol. The molecule has 0 spiro atoms. The number of para-hydroxylation sites is 2. The maximum atomic E-state index is 13.1. The minimum Gasteiger partial charge on any atom is -0.485 e. The van der Waals surface area contributed by atoms with Gasteiger partial charge in [-0.15, -0.1) is 0 Å². The number of nitrogens with one attached hydrogen (secondary N) is 1. The van der Waals surface area contributed by atoms with Crippen molar-refractivity contribution in [3.63, 3.8) is 0 Å². The number of carbonyl (C=O) groups excluding carboxylic acids is 3. The molecule has 2 amide bonds.